The number of anilines is 1. The summed E-state index contributed by atoms with van der Waals surface area (Å²) in [6, 6.07) is 3.91. The summed E-state index contributed by atoms with van der Waals surface area (Å²) in [6.07, 6.45) is 0. The van der Waals surface area contributed by atoms with Crippen LogP contribution in [0.25, 0.3) is 0 Å². The van der Waals surface area contributed by atoms with Crippen molar-refractivity contribution in [3.63, 3.8) is 0 Å². The number of carbonyl (C=O) groups excluding carboxylic acids is 1. The lowest BCUT2D eigenvalue weighted by molar-refractivity contribution is -0.113. The molecule has 0 aromatic carbocycles. The normalized spacial score (nSPS) is 10.3. The molecule has 2 rings (SSSR count). The number of furan rings is 1. The van der Waals surface area contributed by atoms with Crippen molar-refractivity contribution in [1.82, 2.24) is 9.97 Å². The highest BCUT2D eigenvalue weighted by Crippen LogP contribution is 2.25. The Labute approximate surface area is 133 Å². The first-order valence-electron chi connectivity index (χ1n) is 6.65. The van der Waals surface area contributed by atoms with Gasteiger partial charge in [-0.05, 0) is 33.8 Å². The van der Waals surface area contributed by atoms with Crippen molar-refractivity contribution in [2.45, 2.75) is 32.9 Å². The summed E-state index contributed by atoms with van der Waals surface area (Å²) in [5.41, 5.74) is 2.82. The number of hydrogen-bond donors (Lipinski definition) is 1. The van der Waals surface area contributed by atoms with Gasteiger partial charge in [0, 0.05) is 17.0 Å². The summed E-state index contributed by atoms with van der Waals surface area (Å²) in [7, 11) is 0. The van der Waals surface area contributed by atoms with E-state index in [-0.39, 0.29) is 17.5 Å². The Kier molecular flexibility index (Phi) is 4.83. The van der Waals surface area contributed by atoms with E-state index in [1.165, 1.54) is 11.8 Å². The molecule has 1 amide bonds. The minimum atomic E-state index is -0.266. The van der Waals surface area contributed by atoms with Crippen molar-refractivity contribution >= 4 is 23.6 Å². The number of amides is 1. The zero-order valence-electron chi connectivity index (χ0n) is 12.9. The van der Waals surface area contributed by atoms with Gasteiger partial charge < -0.3 is 4.42 Å². The average Bonchev–Trinajstić information content (AvgIpc) is 2.70. The Hall–Kier alpha value is -2.33. The summed E-state index contributed by atoms with van der Waals surface area (Å²) in [5, 5.41) is 12.3. The van der Waals surface area contributed by atoms with E-state index in [1.54, 1.807) is 13.8 Å². The van der Waals surface area contributed by atoms with Gasteiger partial charge in [0.15, 0.2) is 5.16 Å². The third-order valence-electron chi connectivity index (χ3n) is 3.04. The molecule has 0 aliphatic rings. The van der Waals surface area contributed by atoms with E-state index in [0.717, 1.165) is 17.0 Å². The summed E-state index contributed by atoms with van der Waals surface area (Å²) in [5.74, 6) is 0.701. The lowest BCUT2D eigenvalue weighted by Crippen LogP contribution is -2.14. The van der Waals surface area contributed by atoms with Gasteiger partial charge in [0.05, 0.1) is 5.75 Å². The first-order chi connectivity index (χ1) is 10.4. The fourth-order valence-corrected chi connectivity index (χ4v) is 2.65. The van der Waals surface area contributed by atoms with Gasteiger partial charge in [0.1, 0.15) is 17.4 Å². The van der Waals surface area contributed by atoms with E-state index < -0.39 is 0 Å². The van der Waals surface area contributed by atoms with Crippen LogP contribution in [-0.2, 0) is 4.79 Å². The molecule has 2 aromatic rings. The van der Waals surface area contributed by atoms with Crippen LogP contribution >= 0.6 is 11.8 Å². The third-order valence-corrected chi connectivity index (χ3v) is 3.89. The van der Waals surface area contributed by atoms with Gasteiger partial charge in [0.2, 0.25) is 11.8 Å². The van der Waals surface area contributed by atoms with Crippen LogP contribution in [0.4, 0.5) is 5.88 Å². The molecule has 0 radical (unpaired) electrons. The van der Waals surface area contributed by atoms with Crippen LogP contribution in [0.5, 0.6) is 0 Å². The van der Waals surface area contributed by atoms with Gasteiger partial charge in [-0.1, -0.05) is 11.8 Å². The molecule has 0 unspecified atom stereocenters. The van der Waals surface area contributed by atoms with Gasteiger partial charge in [-0.3, -0.25) is 10.1 Å². The zero-order valence-corrected chi connectivity index (χ0v) is 13.7. The maximum absolute atomic E-state index is 12.0. The van der Waals surface area contributed by atoms with Crippen LogP contribution in [0.15, 0.2) is 15.6 Å². The first kappa shape index (κ1) is 16.0. The number of aryl methyl sites for hydroxylation is 3. The monoisotopic (exact) mass is 316 g/mol. The summed E-state index contributed by atoms with van der Waals surface area (Å²) in [4.78, 5) is 20.5. The van der Waals surface area contributed by atoms with Crippen LogP contribution in [0, 0.1) is 39.0 Å². The molecule has 0 fully saturated rings. The van der Waals surface area contributed by atoms with E-state index in [9.17, 15) is 4.79 Å². The van der Waals surface area contributed by atoms with Crippen molar-refractivity contribution in [1.29, 1.82) is 5.26 Å². The molecule has 0 aliphatic heterocycles. The quantitative estimate of drug-likeness (QED) is 0.689. The Morgan fingerprint density at radius 3 is 2.55 bits per heavy atom. The van der Waals surface area contributed by atoms with Gasteiger partial charge in [-0.2, -0.15) is 5.26 Å². The summed E-state index contributed by atoms with van der Waals surface area (Å²) >= 11 is 1.24. The van der Waals surface area contributed by atoms with Crippen molar-refractivity contribution < 1.29 is 9.21 Å². The Morgan fingerprint density at radius 2 is 1.95 bits per heavy atom. The van der Waals surface area contributed by atoms with E-state index in [4.69, 9.17) is 9.68 Å². The number of carbonyl (C=O) groups is 1. The number of hydrogen-bond acceptors (Lipinski definition) is 6. The average molecular weight is 316 g/mol. The van der Waals surface area contributed by atoms with E-state index in [2.05, 4.69) is 15.3 Å². The molecular formula is C15H16N4O2S. The van der Waals surface area contributed by atoms with Crippen molar-refractivity contribution in [2.75, 3.05) is 11.1 Å². The van der Waals surface area contributed by atoms with Crippen LogP contribution < -0.4 is 5.32 Å². The lowest BCUT2D eigenvalue weighted by atomic mass is 10.2. The zero-order chi connectivity index (χ0) is 16.3. The maximum Gasteiger partial charge on any atom is 0.237 e. The topological polar surface area (TPSA) is 91.8 Å². The highest BCUT2D eigenvalue weighted by atomic mass is 32.2. The fraction of sp³-hybridized carbons (Fsp3) is 0.333. The van der Waals surface area contributed by atoms with E-state index in [1.807, 2.05) is 26.0 Å². The molecule has 6 nitrogen and oxygen atoms in total. The molecule has 0 spiro atoms. The van der Waals surface area contributed by atoms with Gasteiger partial charge >= 0.3 is 0 Å². The predicted molar refractivity (Wildman–Crippen MR) is 83.8 cm³/mol. The molecule has 2 aromatic heterocycles. The SMILES string of the molecule is Cc1cc(C)nc(SCC(=O)Nc2oc(C)c(C)c2C#N)n1. The van der Waals surface area contributed by atoms with Crippen molar-refractivity contribution in [3.05, 3.63) is 34.3 Å². The standard InChI is InChI=1S/C15H16N4O2S/c1-8-5-9(2)18-15(17-8)22-7-13(20)19-14-12(6-16)10(3)11(4)21-14/h5H,7H2,1-4H3,(H,19,20). The minimum absolute atomic E-state index is 0.145. The second-order valence-corrected chi connectivity index (χ2v) is 5.81. The van der Waals surface area contributed by atoms with Crippen molar-refractivity contribution in [2.24, 2.45) is 0 Å². The molecule has 0 bridgehead atoms. The maximum atomic E-state index is 12.0. The molecule has 0 saturated heterocycles. The molecule has 0 atom stereocenters. The van der Waals surface area contributed by atoms with E-state index in [0.29, 0.717) is 16.5 Å². The van der Waals surface area contributed by atoms with Gasteiger partial charge in [-0.15, -0.1) is 0 Å². The smallest absolute Gasteiger partial charge is 0.237 e. The first-order valence-corrected chi connectivity index (χ1v) is 7.64. The number of aromatic nitrogens is 2. The molecule has 22 heavy (non-hydrogen) atoms. The Bertz CT molecular complexity index is 741. The molecule has 2 heterocycles. The van der Waals surface area contributed by atoms with Gasteiger partial charge in [-0.25, -0.2) is 9.97 Å². The second kappa shape index (κ2) is 6.62. The number of thioether (sulfide) groups is 1. The van der Waals surface area contributed by atoms with Gasteiger partial charge in [0.25, 0.3) is 0 Å². The molecule has 1 N–H and O–H groups in total. The molecule has 114 valence electrons. The van der Waals surface area contributed by atoms with Crippen molar-refractivity contribution in [3.8, 4) is 6.07 Å². The highest BCUT2D eigenvalue weighted by Gasteiger charge is 2.16. The highest BCUT2D eigenvalue weighted by molar-refractivity contribution is 7.99. The fourth-order valence-electron chi connectivity index (χ4n) is 1.90. The Balaban J connectivity index is 2.02. The third kappa shape index (κ3) is 3.65. The molecular weight excluding hydrogens is 300 g/mol. The van der Waals surface area contributed by atoms with Crippen LogP contribution in [0.3, 0.4) is 0 Å². The van der Waals surface area contributed by atoms with Crippen LogP contribution in [0.2, 0.25) is 0 Å². The minimum Gasteiger partial charge on any atom is -0.444 e. The molecule has 0 aliphatic carbocycles. The largest absolute Gasteiger partial charge is 0.444 e. The predicted octanol–water partition coefficient (Wildman–Crippen LogP) is 2.91. The number of nitrogens with one attached hydrogen (secondary N) is 1. The summed E-state index contributed by atoms with van der Waals surface area (Å²) < 4.78 is 5.40. The summed E-state index contributed by atoms with van der Waals surface area (Å²) in [6.45, 7) is 7.30. The molecule has 7 heteroatoms. The lowest BCUT2D eigenvalue weighted by Gasteiger charge is -2.04. The molecule has 0 saturated carbocycles. The number of nitriles is 1. The van der Waals surface area contributed by atoms with Crippen LogP contribution in [-0.4, -0.2) is 21.6 Å². The Morgan fingerprint density at radius 1 is 1.32 bits per heavy atom. The van der Waals surface area contributed by atoms with E-state index >= 15 is 0 Å². The number of rotatable bonds is 4. The second-order valence-electron chi connectivity index (χ2n) is 4.87. The van der Waals surface area contributed by atoms with Crippen LogP contribution in [0.1, 0.15) is 28.3 Å². The number of nitrogens with zero attached hydrogens (tertiary/aromatic N) is 3.